The molecule has 0 spiro atoms. The van der Waals surface area contributed by atoms with Crippen LogP contribution in [0.2, 0.25) is 5.02 Å². The summed E-state index contributed by atoms with van der Waals surface area (Å²) in [5.74, 6) is -0.155. The second-order valence-electron chi connectivity index (χ2n) is 3.68. The van der Waals surface area contributed by atoms with Gasteiger partial charge in [0.2, 0.25) is 0 Å². The largest absolute Gasteiger partial charge is 0.486 e. The van der Waals surface area contributed by atoms with Gasteiger partial charge in [-0.2, -0.15) is 0 Å². The van der Waals surface area contributed by atoms with E-state index in [0.29, 0.717) is 16.5 Å². The van der Waals surface area contributed by atoms with Crippen molar-refractivity contribution < 1.29 is 19.2 Å². The highest BCUT2D eigenvalue weighted by atomic mass is 35.5. The van der Waals surface area contributed by atoms with Gasteiger partial charge in [0.25, 0.3) is 0 Å². The van der Waals surface area contributed by atoms with Crippen LogP contribution in [-0.2, 0) is 6.61 Å². The molecule has 0 atom stereocenters. The average Bonchev–Trinajstić information content (AvgIpc) is 2.79. The third-order valence-corrected chi connectivity index (χ3v) is 2.71. The van der Waals surface area contributed by atoms with Crippen molar-refractivity contribution in [3.63, 3.8) is 0 Å². The van der Waals surface area contributed by atoms with E-state index in [1.54, 1.807) is 18.2 Å². The molecule has 0 fully saturated rings. The second-order valence-corrected chi connectivity index (χ2v) is 4.09. The number of carbonyl (C=O) groups is 1. The summed E-state index contributed by atoms with van der Waals surface area (Å²) in [6, 6.07) is 6.57. The lowest BCUT2D eigenvalue weighted by atomic mass is 10.2. The third-order valence-electron chi connectivity index (χ3n) is 2.29. The van der Waals surface area contributed by atoms with Gasteiger partial charge in [-0.05, 0) is 30.7 Å². The molecule has 1 N–H and O–H groups in total. The summed E-state index contributed by atoms with van der Waals surface area (Å²) in [6.07, 6.45) is 0. The van der Waals surface area contributed by atoms with Crippen LogP contribution < -0.4 is 4.74 Å². The molecule has 0 bridgehead atoms. The predicted molar refractivity (Wildman–Crippen MR) is 64.0 cm³/mol. The molecule has 2 rings (SSSR count). The van der Waals surface area contributed by atoms with Crippen LogP contribution in [0.3, 0.4) is 0 Å². The summed E-state index contributed by atoms with van der Waals surface area (Å²) in [6.45, 7) is 1.98. The Hall–Kier alpha value is -2.01. The molecule has 6 heteroatoms. The molecule has 1 aromatic carbocycles. The molecule has 1 aromatic heterocycles. The molecule has 0 aliphatic carbocycles. The van der Waals surface area contributed by atoms with Crippen LogP contribution in [0, 0.1) is 6.92 Å². The molecule has 0 aliphatic rings. The van der Waals surface area contributed by atoms with Crippen molar-refractivity contribution in [3.05, 3.63) is 46.3 Å². The fourth-order valence-corrected chi connectivity index (χ4v) is 1.46. The van der Waals surface area contributed by atoms with E-state index < -0.39 is 5.97 Å². The van der Waals surface area contributed by atoms with Crippen LogP contribution in [0.4, 0.5) is 0 Å². The molecule has 94 valence electrons. The Morgan fingerprint density at radius 2 is 2.28 bits per heavy atom. The number of ether oxygens (including phenoxy) is 1. The van der Waals surface area contributed by atoms with E-state index in [0.717, 1.165) is 5.56 Å². The van der Waals surface area contributed by atoms with Crippen LogP contribution >= 0.6 is 11.6 Å². The Balaban J connectivity index is 2.02. The molecule has 5 nitrogen and oxygen atoms in total. The summed E-state index contributed by atoms with van der Waals surface area (Å²) in [7, 11) is 0. The number of nitrogens with zero attached hydrogens (tertiary/aromatic N) is 1. The van der Waals surface area contributed by atoms with E-state index in [1.807, 2.05) is 6.92 Å². The molecule has 1 heterocycles. The van der Waals surface area contributed by atoms with Gasteiger partial charge in [0, 0.05) is 11.1 Å². The molecule has 0 radical (unpaired) electrons. The molecular formula is C12H10ClNO4. The Bertz CT molecular complexity index is 579. The second kappa shape index (κ2) is 5.10. The first-order chi connectivity index (χ1) is 8.56. The number of aromatic nitrogens is 1. The van der Waals surface area contributed by atoms with E-state index in [-0.39, 0.29) is 12.3 Å². The Morgan fingerprint density at radius 1 is 1.50 bits per heavy atom. The molecule has 0 aliphatic heterocycles. The quantitative estimate of drug-likeness (QED) is 0.922. The number of rotatable bonds is 4. The highest BCUT2D eigenvalue weighted by Crippen LogP contribution is 2.21. The van der Waals surface area contributed by atoms with Gasteiger partial charge in [-0.1, -0.05) is 16.8 Å². The van der Waals surface area contributed by atoms with Crippen molar-refractivity contribution in [1.82, 2.24) is 5.16 Å². The van der Waals surface area contributed by atoms with E-state index in [4.69, 9.17) is 26.0 Å². The summed E-state index contributed by atoms with van der Waals surface area (Å²) in [5.41, 5.74) is 0.763. The standard InChI is InChI=1S/C12H10ClNO4/c1-7-4-8(2-3-10(7)13)17-6-9-5-11(12(15)16)14-18-9/h2-5H,6H2,1H3,(H,15,16). The lowest BCUT2D eigenvalue weighted by Gasteiger charge is -2.05. The zero-order valence-electron chi connectivity index (χ0n) is 9.51. The first-order valence-electron chi connectivity index (χ1n) is 5.14. The van der Waals surface area contributed by atoms with Crippen LogP contribution in [-0.4, -0.2) is 16.2 Å². The van der Waals surface area contributed by atoms with Crippen LogP contribution in [0.25, 0.3) is 0 Å². The minimum Gasteiger partial charge on any atom is -0.486 e. The van der Waals surface area contributed by atoms with Crippen LogP contribution in [0.1, 0.15) is 21.8 Å². The topological polar surface area (TPSA) is 72.6 Å². The predicted octanol–water partition coefficient (Wildman–Crippen LogP) is 2.91. The van der Waals surface area contributed by atoms with E-state index >= 15 is 0 Å². The normalized spacial score (nSPS) is 10.3. The maximum Gasteiger partial charge on any atom is 0.358 e. The fourth-order valence-electron chi connectivity index (χ4n) is 1.34. The monoisotopic (exact) mass is 267 g/mol. The van der Waals surface area contributed by atoms with E-state index in [2.05, 4.69) is 5.16 Å². The maximum atomic E-state index is 10.6. The van der Waals surface area contributed by atoms with Gasteiger partial charge in [-0.25, -0.2) is 4.79 Å². The van der Waals surface area contributed by atoms with Crippen molar-refractivity contribution in [3.8, 4) is 5.75 Å². The summed E-state index contributed by atoms with van der Waals surface area (Å²) >= 11 is 5.89. The van der Waals surface area contributed by atoms with Gasteiger partial charge < -0.3 is 14.4 Å². The van der Waals surface area contributed by atoms with E-state index in [9.17, 15) is 4.79 Å². The molecule has 2 aromatic rings. The van der Waals surface area contributed by atoms with Crippen LogP contribution in [0.15, 0.2) is 28.8 Å². The third kappa shape index (κ3) is 2.81. The summed E-state index contributed by atoms with van der Waals surface area (Å²) in [5, 5.41) is 12.7. The number of aryl methyl sites for hydroxylation is 1. The summed E-state index contributed by atoms with van der Waals surface area (Å²) < 4.78 is 10.3. The Kier molecular flexibility index (Phi) is 3.53. The fraction of sp³-hybridized carbons (Fsp3) is 0.167. The number of aromatic carboxylic acids is 1. The maximum absolute atomic E-state index is 10.6. The SMILES string of the molecule is Cc1cc(OCc2cc(C(=O)O)no2)ccc1Cl. The molecule has 0 saturated carbocycles. The molecule has 0 saturated heterocycles. The van der Waals surface area contributed by atoms with Gasteiger partial charge >= 0.3 is 5.97 Å². The lowest BCUT2D eigenvalue weighted by Crippen LogP contribution is -1.96. The lowest BCUT2D eigenvalue weighted by molar-refractivity contribution is 0.0685. The molecule has 18 heavy (non-hydrogen) atoms. The first kappa shape index (κ1) is 12.4. The van der Waals surface area contributed by atoms with Gasteiger partial charge in [0.1, 0.15) is 12.4 Å². The Morgan fingerprint density at radius 3 is 2.89 bits per heavy atom. The van der Waals surface area contributed by atoms with Crippen molar-refractivity contribution in [1.29, 1.82) is 0 Å². The number of hydrogen-bond donors (Lipinski definition) is 1. The minimum atomic E-state index is -1.13. The number of carboxylic acids is 1. The minimum absolute atomic E-state index is 0.112. The number of benzene rings is 1. The van der Waals surface area contributed by atoms with Gasteiger partial charge in [0.05, 0.1) is 0 Å². The van der Waals surface area contributed by atoms with Crippen molar-refractivity contribution in [2.75, 3.05) is 0 Å². The summed E-state index contributed by atoms with van der Waals surface area (Å²) in [4.78, 5) is 10.6. The van der Waals surface area contributed by atoms with Crippen molar-refractivity contribution in [2.24, 2.45) is 0 Å². The first-order valence-corrected chi connectivity index (χ1v) is 5.52. The van der Waals surface area contributed by atoms with E-state index in [1.165, 1.54) is 6.07 Å². The highest BCUT2D eigenvalue weighted by molar-refractivity contribution is 6.31. The zero-order chi connectivity index (χ0) is 13.1. The van der Waals surface area contributed by atoms with Gasteiger partial charge in [-0.15, -0.1) is 0 Å². The number of hydrogen-bond acceptors (Lipinski definition) is 4. The van der Waals surface area contributed by atoms with Gasteiger partial charge in [0.15, 0.2) is 11.5 Å². The highest BCUT2D eigenvalue weighted by Gasteiger charge is 2.11. The van der Waals surface area contributed by atoms with Crippen molar-refractivity contribution >= 4 is 17.6 Å². The van der Waals surface area contributed by atoms with Crippen molar-refractivity contribution in [2.45, 2.75) is 13.5 Å². The number of halogens is 1. The Labute approximate surface area is 108 Å². The molecule has 0 amide bonds. The van der Waals surface area contributed by atoms with Crippen LogP contribution in [0.5, 0.6) is 5.75 Å². The van der Waals surface area contributed by atoms with Gasteiger partial charge in [-0.3, -0.25) is 0 Å². The molecular weight excluding hydrogens is 258 g/mol. The zero-order valence-corrected chi connectivity index (χ0v) is 10.3. The smallest absolute Gasteiger partial charge is 0.358 e. The average molecular weight is 268 g/mol. The molecule has 0 unspecified atom stereocenters. The number of carboxylic acid groups (broad SMARTS) is 1.